The molecule has 0 aliphatic heterocycles. The fraction of sp³-hybridized carbons (Fsp3) is 0.931. The fourth-order valence-corrected chi connectivity index (χ4v) is 8.64. The van der Waals surface area contributed by atoms with Crippen LogP contribution in [0.1, 0.15) is 92.9 Å². The van der Waals surface area contributed by atoms with E-state index in [9.17, 15) is 30.0 Å². The Balaban J connectivity index is 0.000000308. The molecule has 0 aromatic carbocycles. The van der Waals surface area contributed by atoms with Crippen molar-refractivity contribution < 1.29 is 35.1 Å². The van der Waals surface area contributed by atoms with E-state index in [0.29, 0.717) is 12.3 Å². The van der Waals surface area contributed by atoms with Crippen LogP contribution in [0.4, 0.5) is 0 Å². The van der Waals surface area contributed by atoms with Crippen molar-refractivity contribution in [2.24, 2.45) is 45.8 Å². The van der Waals surface area contributed by atoms with Crippen molar-refractivity contribution in [2.45, 2.75) is 111 Å². The lowest BCUT2D eigenvalue weighted by molar-refractivity contribution is -0.180. The van der Waals surface area contributed by atoms with Crippen LogP contribution in [0.25, 0.3) is 0 Å². The standard InChI is InChI=1S/C21H32O5.C8H18O2/c1-19-7-5-13(23)9-12(19)3-4-14-15-6-8-21(26,17(25)11-22)20(15,2)10-16(24)18(14)19;1-6(2)7(10)8(3,4)5-9/h12-15,18,22-23,26H,3-11H2,1-2H3;6-7,9-10H,5H2,1-4H3/t12-,13-,14+,15+,18-,19+,20+,21+;/m1./s1. The number of hydrogen-bond acceptors (Lipinski definition) is 7. The second-order valence-corrected chi connectivity index (χ2v) is 13.8. The highest BCUT2D eigenvalue weighted by atomic mass is 16.3. The van der Waals surface area contributed by atoms with E-state index in [4.69, 9.17) is 5.11 Å². The van der Waals surface area contributed by atoms with Crippen LogP contribution in [-0.2, 0) is 9.59 Å². The second kappa shape index (κ2) is 10.4. The summed E-state index contributed by atoms with van der Waals surface area (Å²) in [6.07, 6.45) is 5.05. The molecular formula is C29H50O7. The number of rotatable bonds is 5. The maximum Gasteiger partial charge on any atom is 0.190 e. The molecule has 5 N–H and O–H groups in total. The first-order chi connectivity index (χ1) is 16.6. The molecule has 4 fully saturated rings. The van der Waals surface area contributed by atoms with E-state index in [0.717, 1.165) is 38.5 Å². The van der Waals surface area contributed by atoms with Crippen molar-refractivity contribution >= 4 is 11.6 Å². The minimum absolute atomic E-state index is 0.0154. The van der Waals surface area contributed by atoms with Crippen LogP contribution < -0.4 is 0 Å². The number of aliphatic hydroxyl groups excluding tert-OH is 4. The maximum absolute atomic E-state index is 13.4. The summed E-state index contributed by atoms with van der Waals surface area (Å²) >= 11 is 0. The van der Waals surface area contributed by atoms with Gasteiger partial charge in [0.15, 0.2) is 5.78 Å². The first-order valence-corrected chi connectivity index (χ1v) is 13.9. The minimum Gasteiger partial charge on any atom is -0.396 e. The van der Waals surface area contributed by atoms with Gasteiger partial charge < -0.3 is 25.5 Å². The zero-order valence-corrected chi connectivity index (χ0v) is 23.2. The summed E-state index contributed by atoms with van der Waals surface area (Å²) in [6, 6.07) is 0. The Morgan fingerprint density at radius 3 is 2.25 bits per heavy atom. The molecule has 0 saturated heterocycles. The van der Waals surface area contributed by atoms with Crippen molar-refractivity contribution in [3.63, 3.8) is 0 Å². The zero-order chi connectivity index (χ0) is 27.3. The van der Waals surface area contributed by atoms with Gasteiger partial charge in [-0.25, -0.2) is 0 Å². The van der Waals surface area contributed by atoms with Gasteiger partial charge in [-0.1, -0.05) is 41.5 Å². The second-order valence-electron chi connectivity index (χ2n) is 13.8. The number of hydrogen-bond donors (Lipinski definition) is 5. The Hall–Kier alpha value is -0.860. The molecule has 4 saturated carbocycles. The predicted molar refractivity (Wildman–Crippen MR) is 137 cm³/mol. The first-order valence-electron chi connectivity index (χ1n) is 13.9. The number of carbonyl (C=O) groups is 2. The summed E-state index contributed by atoms with van der Waals surface area (Å²) in [5.41, 5.74) is -2.77. The van der Waals surface area contributed by atoms with Crippen LogP contribution in [-0.4, -0.2) is 68.1 Å². The fourth-order valence-electron chi connectivity index (χ4n) is 8.64. The smallest absolute Gasteiger partial charge is 0.190 e. The number of ketones is 2. The van der Waals surface area contributed by atoms with Gasteiger partial charge in [0, 0.05) is 23.2 Å². The van der Waals surface area contributed by atoms with E-state index >= 15 is 0 Å². The quantitative estimate of drug-likeness (QED) is 0.384. The van der Waals surface area contributed by atoms with E-state index < -0.39 is 29.5 Å². The Bertz CT molecular complexity index is 824. The maximum atomic E-state index is 13.4. The van der Waals surface area contributed by atoms with Gasteiger partial charge in [0.1, 0.15) is 18.0 Å². The van der Waals surface area contributed by atoms with E-state index in [1.54, 1.807) is 0 Å². The molecule has 0 aromatic heterocycles. The van der Waals surface area contributed by atoms with E-state index in [1.165, 1.54) is 0 Å². The normalized spacial score (nSPS) is 43.1. The van der Waals surface area contributed by atoms with Crippen molar-refractivity contribution in [1.82, 2.24) is 0 Å². The molecule has 36 heavy (non-hydrogen) atoms. The topological polar surface area (TPSA) is 135 Å². The lowest BCUT2D eigenvalue weighted by Gasteiger charge is -2.60. The summed E-state index contributed by atoms with van der Waals surface area (Å²) in [5, 5.41) is 49.0. The predicted octanol–water partition coefficient (Wildman–Crippen LogP) is 2.88. The molecule has 208 valence electrons. The van der Waals surface area contributed by atoms with Crippen LogP contribution >= 0.6 is 0 Å². The van der Waals surface area contributed by atoms with Crippen molar-refractivity contribution in [1.29, 1.82) is 0 Å². The number of fused-ring (bicyclic) bond motifs is 5. The molecule has 1 unspecified atom stereocenters. The third kappa shape index (κ3) is 4.72. The van der Waals surface area contributed by atoms with Crippen LogP contribution in [0.5, 0.6) is 0 Å². The van der Waals surface area contributed by atoms with E-state index in [2.05, 4.69) is 6.92 Å². The Labute approximate surface area is 216 Å². The zero-order valence-electron chi connectivity index (χ0n) is 23.2. The molecule has 0 radical (unpaired) electrons. The van der Waals surface area contributed by atoms with E-state index in [-0.39, 0.29) is 59.4 Å². The average molecular weight is 511 g/mol. The first kappa shape index (κ1) is 29.7. The monoisotopic (exact) mass is 510 g/mol. The highest BCUT2D eigenvalue weighted by Gasteiger charge is 2.68. The summed E-state index contributed by atoms with van der Waals surface area (Å²) in [6.45, 7) is 11.1. The lowest BCUT2D eigenvalue weighted by atomic mass is 9.44. The Kier molecular flexibility index (Phi) is 8.55. The van der Waals surface area contributed by atoms with Crippen LogP contribution in [0.15, 0.2) is 0 Å². The van der Waals surface area contributed by atoms with Gasteiger partial charge in [-0.05, 0) is 74.0 Å². The molecule has 7 heteroatoms. The molecule has 4 rings (SSSR count). The van der Waals surface area contributed by atoms with Crippen LogP contribution in [0, 0.1) is 45.8 Å². The summed E-state index contributed by atoms with van der Waals surface area (Å²) in [5.74, 6) is 0.590. The highest BCUT2D eigenvalue weighted by Crippen LogP contribution is 2.67. The largest absolute Gasteiger partial charge is 0.396 e. The molecule has 0 aromatic rings. The SMILES string of the molecule is CC(C)C(O)C(C)(C)CO.C[C@]12CC[C@@H](O)C[C@H]1CC[C@@H]1[C@@H]2C(=O)C[C@@]2(C)[C@H]1CC[C@]2(O)C(=O)CO. The van der Waals surface area contributed by atoms with Gasteiger partial charge >= 0.3 is 0 Å². The number of carbonyl (C=O) groups excluding carboxylic acids is 2. The van der Waals surface area contributed by atoms with Crippen molar-refractivity contribution in [3.8, 4) is 0 Å². The van der Waals surface area contributed by atoms with Crippen molar-refractivity contribution in [2.75, 3.05) is 13.2 Å². The third-order valence-corrected chi connectivity index (χ3v) is 10.9. The molecule has 0 heterocycles. The molecule has 9 atom stereocenters. The van der Waals surface area contributed by atoms with Crippen LogP contribution in [0.2, 0.25) is 0 Å². The Morgan fingerprint density at radius 2 is 1.72 bits per heavy atom. The summed E-state index contributed by atoms with van der Waals surface area (Å²) < 4.78 is 0. The molecule has 7 nitrogen and oxygen atoms in total. The molecule has 4 aliphatic rings. The summed E-state index contributed by atoms with van der Waals surface area (Å²) in [4.78, 5) is 25.7. The number of aliphatic hydroxyl groups is 5. The Morgan fingerprint density at radius 1 is 1.08 bits per heavy atom. The minimum atomic E-state index is -1.58. The van der Waals surface area contributed by atoms with Gasteiger partial charge in [0.2, 0.25) is 0 Å². The molecule has 0 bridgehead atoms. The van der Waals surface area contributed by atoms with E-state index in [1.807, 2.05) is 34.6 Å². The lowest BCUT2D eigenvalue weighted by Crippen LogP contribution is -2.62. The molecule has 0 spiro atoms. The highest BCUT2D eigenvalue weighted by molar-refractivity contribution is 5.92. The van der Waals surface area contributed by atoms with Gasteiger partial charge in [-0.15, -0.1) is 0 Å². The van der Waals surface area contributed by atoms with Gasteiger partial charge in [-0.3, -0.25) is 9.59 Å². The number of Topliss-reactive ketones (excluding diaryl/α,β-unsaturated/α-hetero) is 2. The third-order valence-electron chi connectivity index (χ3n) is 10.9. The van der Waals surface area contributed by atoms with Crippen molar-refractivity contribution in [3.05, 3.63) is 0 Å². The molecular weight excluding hydrogens is 460 g/mol. The van der Waals surface area contributed by atoms with Crippen LogP contribution in [0.3, 0.4) is 0 Å². The molecule has 0 amide bonds. The molecule has 4 aliphatic carbocycles. The van der Waals surface area contributed by atoms with Gasteiger partial charge in [-0.2, -0.15) is 0 Å². The van der Waals surface area contributed by atoms with Gasteiger partial charge in [0.25, 0.3) is 0 Å². The van der Waals surface area contributed by atoms with Gasteiger partial charge in [0.05, 0.1) is 18.8 Å². The average Bonchev–Trinajstić information content (AvgIpc) is 3.09. The summed E-state index contributed by atoms with van der Waals surface area (Å²) in [7, 11) is 0.